The van der Waals surface area contributed by atoms with Gasteiger partial charge in [0.05, 0.1) is 16.9 Å². The molecule has 1 aliphatic carbocycles. The Morgan fingerprint density at radius 2 is 2.05 bits per heavy atom. The maximum Gasteiger partial charge on any atom is 0.335 e. The van der Waals surface area contributed by atoms with Gasteiger partial charge in [-0.15, -0.1) is 0 Å². The lowest BCUT2D eigenvalue weighted by atomic mass is 10.1. The smallest absolute Gasteiger partial charge is 0.335 e. The van der Waals surface area contributed by atoms with Gasteiger partial charge < -0.3 is 5.11 Å². The number of carbonyl (C=O) groups is 1. The molecule has 4 nitrogen and oxygen atoms in total. The van der Waals surface area contributed by atoms with Crippen LogP contribution in [0.5, 0.6) is 0 Å². The van der Waals surface area contributed by atoms with Crippen molar-refractivity contribution >= 4 is 21.9 Å². The Kier molecular flexibility index (Phi) is 2.90. The van der Waals surface area contributed by atoms with E-state index in [9.17, 15) is 4.79 Å². The summed E-state index contributed by atoms with van der Waals surface area (Å²) in [6.07, 6.45) is 2.83. The molecular formula is C17H11BrN2O2. The van der Waals surface area contributed by atoms with Gasteiger partial charge >= 0.3 is 5.97 Å². The molecule has 0 atom stereocenters. The van der Waals surface area contributed by atoms with Crippen molar-refractivity contribution in [2.24, 2.45) is 0 Å². The van der Waals surface area contributed by atoms with Gasteiger partial charge in [0.1, 0.15) is 0 Å². The van der Waals surface area contributed by atoms with Crippen molar-refractivity contribution in [2.45, 2.75) is 6.42 Å². The fraction of sp³-hybridized carbons (Fsp3) is 0.0588. The highest BCUT2D eigenvalue weighted by Crippen LogP contribution is 2.37. The van der Waals surface area contributed by atoms with Crippen LogP contribution in [0.25, 0.3) is 16.9 Å². The van der Waals surface area contributed by atoms with Crippen molar-refractivity contribution in [1.82, 2.24) is 9.78 Å². The van der Waals surface area contributed by atoms with Crippen LogP contribution in [0.3, 0.4) is 0 Å². The molecule has 0 unspecified atom stereocenters. The number of rotatable bonds is 2. The Labute approximate surface area is 135 Å². The Morgan fingerprint density at radius 1 is 1.18 bits per heavy atom. The van der Waals surface area contributed by atoms with Crippen LogP contribution in [0.4, 0.5) is 0 Å². The molecule has 1 heterocycles. The van der Waals surface area contributed by atoms with Crippen molar-refractivity contribution < 1.29 is 9.90 Å². The van der Waals surface area contributed by atoms with E-state index in [1.54, 1.807) is 22.9 Å². The largest absolute Gasteiger partial charge is 0.478 e. The van der Waals surface area contributed by atoms with E-state index in [0.29, 0.717) is 0 Å². The Hall–Kier alpha value is -2.40. The minimum atomic E-state index is -0.934. The lowest BCUT2D eigenvalue weighted by molar-refractivity contribution is 0.0697. The summed E-state index contributed by atoms with van der Waals surface area (Å²) in [5.41, 5.74) is 5.56. The van der Waals surface area contributed by atoms with E-state index in [-0.39, 0.29) is 5.56 Å². The van der Waals surface area contributed by atoms with E-state index in [2.05, 4.69) is 33.2 Å². The Morgan fingerprint density at radius 3 is 2.86 bits per heavy atom. The maximum atomic E-state index is 11.1. The topological polar surface area (TPSA) is 55.1 Å². The molecule has 0 saturated carbocycles. The molecule has 0 fully saturated rings. The Balaban J connectivity index is 1.79. The molecule has 22 heavy (non-hydrogen) atoms. The standard InChI is InChI=1S/C17H11BrN2O2/c18-13-4-5-15-11(7-13)6-12-9-20(19-16(12)15)14-3-1-2-10(8-14)17(21)22/h1-5,7-9H,6H2,(H,21,22). The van der Waals surface area contributed by atoms with Crippen LogP contribution >= 0.6 is 15.9 Å². The van der Waals surface area contributed by atoms with Crippen LogP contribution in [0.15, 0.2) is 53.1 Å². The van der Waals surface area contributed by atoms with Gasteiger partial charge in [0, 0.05) is 28.2 Å². The number of fused-ring (bicyclic) bond motifs is 3. The second kappa shape index (κ2) is 4.81. The lowest BCUT2D eigenvalue weighted by Gasteiger charge is -2.04. The SMILES string of the molecule is O=C(O)c1cccc(-n2cc3c(n2)-c2ccc(Br)cc2C3)c1. The predicted octanol–water partition coefficient (Wildman–Crippen LogP) is 3.90. The molecule has 0 radical (unpaired) electrons. The fourth-order valence-corrected chi connectivity index (χ4v) is 3.23. The maximum absolute atomic E-state index is 11.1. The highest BCUT2D eigenvalue weighted by molar-refractivity contribution is 9.10. The van der Waals surface area contributed by atoms with E-state index >= 15 is 0 Å². The number of aromatic nitrogens is 2. The number of nitrogens with zero attached hydrogens (tertiary/aromatic N) is 2. The second-order valence-electron chi connectivity index (χ2n) is 5.28. The summed E-state index contributed by atoms with van der Waals surface area (Å²) in [6, 6.07) is 13.0. The van der Waals surface area contributed by atoms with Crippen LogP contribution < -0.4 is 0 Å². The molecule has 0 aliphatic heterocycles. The van der Waals surface area contributed by atoms with E-state index in [4.69, 9.17) is 5.11 Å². The molecule has 1 N–H and O–H groups in total. The van der Waals surface area contributed by atoms with Crippen LogP contribution in [-0.4, -0.2) is 20.9 Å². The summed E-state index contributed by atoms with van der Waals surface area (Å²) in [6.45, 7) is 0. The number of hydrogen-bond donors (Lipinski definition) is 1. The second-order valence-corrected chi connectivity index (χ2v) is 6.20. The molecule has 1 aromatic heterocycles. The van der Waals surface area contributed by atoms with Gasteiger partial charge in [-0.1, -0.05) is 28.1 Å². The number of hydrogen-bond acceptors (Lipinski definition) is 2. The van der Waals surface area contributed by atoms with E-state index < -0.39 is 5.97 Å². The molecule has 2 aromatic carbocycles. The first kappa shape index (κ1) is 13.3. The van der Waals surface area contributed by atoms with Gasteiger partial charge in [0.2, 0.25) is 0 Å². The van der Waals surface area contributed by atoms with Crippen molar-refractivity contribution in [1.29, 1.82) is 0 Å². The predicted molar refractivity (Wildman–Crippen MR) is 86.5 cm³/mol. The molecule has 4 rings (SSSR count). The van der Waals surface area contributed by atoms with Crippen LogP contribution in [-0.2, 0) is 6.42 Å². The molecule has 108 valence electrons. The molecule has 0 amide bonds. The molecule has 0 saturated heterocycles. The number of halogens is 1. The van der Waals surface area contributed by atoms with Crippen molar-refractivity contribution in [3.05, 3.63) is 69.8 Å². The molecule has 1 aliphatic rings. The number of aromatic carboxylic acids is 1. The van der Waals surface area contributed by atoms with Gasteiger partial charge in [0.25, 0.3) is 0 Å². The average molecular weight is 355 g/mol. The van der Waals surface area contributed by atoms with Gasteiger partial charge in [-0.3, -0.25) is 0 Å². The molecule has 0 bridgehead atoms. The van der Waals surface area contributed by atoms with Crippen LogP contribution in [0.2, 0.25) is 0 Å². The van der Waals surface area contributed by atoms with Gasteiger partial charge in [0.15, 0.2) is 0 Å². The molecule has 0 spiro atoms. The fourth-order valence-electron chi connectivity index (χ4n) is 2.82. The molecular weight excluding hydrogens is 344 g/mol. The summed E-state index contributed by atoms with van der Waals surface area (Å²) >= 11 is 3.49. The zero-order valence-electron chi connectivity index (χ0n) is 11.5. The minimum Gasteiger partial charge on any atom is -0.478 e. The van der Waals surface area contributed by atoms with Gasteiger partial charge in [-0.2, -0.15) is 5.10 Å². The third kappa shape index (κ3) is 2.05. The van der Waals surface area contributed by atoms with Gasteiger partial charge in [-0.25, -0.2) is 9.48 Å². The van der Waals surface area contributed by atoms with Gasteiger partial charge in [-0.05, 0) is 35.9 Å². The molecule has 5 heteroatoms. The van der Waals surface area contributed by atoms with Crippen molar-refractivity contribution in [3.63, 3.8) is 0 Å². The zero-order chi connectivity index (χ0) is 15.3. The summed E-state index contributed by atoms with van der Waals surface area (Å²) in [4.78, 5) is 11.1. The van der Waals surface area contributed by atoms with E-state index in [0.717, 1.165) is 33.4 Å². The van der Waals surface area contributed by atoms with Crippen LogP contribution in [0.1, 0.15) is 21.5 Å². The average Bonchev–Trinajstić information content (AvgIpc) is 3.04. The summed E-state index contributed by atoms with van der Waals surface area (Å²) in [7, 11) is 0. The van der Waals surface area contributed by atoms with Crippen LogP contribution in [0, 0.1) is 0 Å². The first-order valence-electron chi connectivity index (χ1n) is 6.83. The molecule has 3 aromatic rings. The first-order valence-corrected chi connectivity index (χ1v) is 7.62. The monoisotopic (exact) mass is 354 g/mol. The number of carboxylic acids is 1. The van der Waals surface area contributed by atoms with E-state index in [1.807, 2.05) is 18.3 Å². The first-order chi connectivity index (χ1) is 10.6. The third-order valence-corrected chi connectivity index (χ3v) is 4.34. The van der Waals surface area contributed by atoms with Crippen molar-refractivity contribution in [3.8, 4) is 16.9 Å². The number of benzene rings is 2. The highest BCUT2D eigenvalue weighted by atomic mass is 79.9. The Bertz CT molecular complexity index is 915. The summed E-state index contributed by atoms with van der Waals surface area (Å²) in [5.74, 6) is -0.934. The summed E-state index contributed by atoms with van der Waals surface area (Å²) < 4.78 is 2.82. The van der Waals surface area contributed by atoms with Crippen molar-refractivity contribution in [2.75, 3.05) is 0 Å². The summed E-state index contributed by atoms with van der Waals surface area (Å²) in [5, 5.41) is 13.7. The quantitative estimate of drug-likeness (QED) is 0.593. The highest BCUT2D eigenvalue weighted by Gasteiger charge is 2.22. The lowest BCUT2D eigenvalue weighted by Crippen LogP contribution is -2.00. The normalized spacial score (nSPS) is 12.0. The number of carboxylic acid groups (broad SMARTS) is 1. The zero-order valence-corrected chi connectivity index (χ0v) is 13.0. The van der Waals surface area contributed by atoms with E-state index in [1.165, 1.54) is 5.56 Å². The third-order valence-electron chi connectivity index (χ3n) is 3.85. The minimum absolute atomic E-state index is 0.262.